The summed E-state index contributed by atoms with van der Waals surface area (Å²) in [6.45, 7) is 3.58. The fraction of sp³-hybridized carbons (Fsp3) is 0.125. The molecule has 0 aliphatic heterocycles. The smallest absolute Gasteiger partial charge is 0.314 e. The van der Waals surface area contributed by atoms with Crippen molar-refractivity contribution in [3.05, 3.63) is 57.6 Å². The Morgan fingerprint density at radius 2 is 1.14 bits per heavy atom. The van der Waals surface area contributed by atoms with Crippen LogP contribution in [-0.2, 0) is 9.59 Å². The highest BCUT2D eigenvalue weighted by atomic mass is 35.5. The number of para-hydroxylation sites is 2. The molecule has 6 heteroatoms. The first-order valence-electron chi connectivity index (χ1n) is 6.52. The van der Waals surface area contributed by atoms with Crippen LogP contribution in [-0.4, -0.2) is 11.8 Å². The molecule has 0 fully saturated rings. The van der Waals surface area contributed by atoms with Gasteiger partial charge in [-0.2, -0.15) is 0 Å². The minimum Gasteiger partial charge on any atom is -0.316 e. The third-order valence-electron chi connectivity index (χ3n) is 3.13. The zero-order valence-corrected chi connectivity index (χ0v) is 13.5. The summed E-state index contributed by atoms with van der Waals surface area (Å²) >= 11 is 12.0. The third kappa shape index (κ3) is 3.59. The monoisotopic (exact) mass is 336 g/mol. The van der Waals surface area contributed by atoms with Crippen LogP contribution in [0.3, 0.4) is 0 Å². The molecule has 2 aromatic rings. The maximum atomic E-state index is 12.0. The van der Waals surface area contributed by atoms with Crippen LogP contribution in [0.2, 0.25) is 10.0 Å². The summed E-state index contributed by atoms with van der Waals surface area (Å²) in [6.07, 6.45) is 0. The lowest BCUT2D eigenvalue weighted by Gasteiger charge is -2.12. The maximum absolute atomic E-state index is 12.0. The van der Waals surface area contributed by atoms with Crippen LogP contribution >= 0.6 is 23.2 Å². The quantitative estimate of drug-likeness (QED) is 0.808. The average Bonchev–Trinajstić information content (AvgIpc) is 2.46. The Balaban J connectivity index is 2.15. The van der Waals surface area contributed by atoms with Crippen molar-refractivity contribution >= 4 is 46.4 Å². The van der Waals surface area contributed by atoms with Crippen LogP contribution in [0.15, 0.2) is 36.4 Å². The summed E-state index contributed by atoms with van der Waals surface area (Å²) in [7, 11) is 0. The van der Waals surface area contributed by atoms with E-state index in [1.54, 1.807) is 50.2 Å². The van der Waals surface area contributed by atoms with E-state index in [0.29, 0.717) is 21.4 Å². The highest BCUT2D eigenvalue weighted by Gasteiger charge is 2.18. The number of halogens is 2. The number of carbonyl (C=O) groups excluding carboxylic acids is 2. The molecule has 114 valence electrons. The highest BCUT2D eigenvalue weighted by molar-refractivity contribution is 6.46. The van der Waals surface area contributed by atoms with Crippen LogP contribution < -0.4 is 10.6 Å². The number of hydrogen-bond donors (Lipinski definition) is 2. The van der Waals surface area contributed by atoms with E-state index in [1.807, 2.05) is 0 Å². The zero-order chi connectivity index (χ0) is 16.3. The minimum absolute atomic E-state index is 0.370. The molecule has 4 nitrogen and oxygen atoms in total. The van der Waals surface area contributed by atoms with Gasteiger partial charge in [0.05, 0.1) is 21.4 Å². The van der Waals surface area contributed by atoms with Crippen LogP contribution in [0, 0.1) is 13.8 Å². The number of anilines is 2. The van der Waals surface area contributed by atoms with Crippen molar-refractivity contribution in [1.29, 1.82) is 0 Å². The molecular formula is C16H14Cl2N2O2. The number of benzene rings is 2. The fourth-order valence-corrected chi connectivity index (χ4v) is 2.46. The van der Waals surface area contributed by atoms with Gasteiger partial charge in [0.25, 0.3) is 0 Å². The van der Waals surface area contributed by atoms with E-state index in [1.165, 1.54) is 0 Å². The van der Waals surface area contributed by atoms with Crippen molar-refractivity contribution in [1.82, 2.24) is 0 Å². The SMILES string of the molecule is Cc1cccc(Cl)c1NC(=O)C(=O)Nc1c(C)cccc1Cl. The maximum Gasteiger partial charge on any atom is 0.314 e. The molecule has 2 aromatic carbocycles. The summed E-state index contributed by atoms with van der Waals surface area (Å²) < 4.78 is 0. The number of aryl methyl sites for hydroxylation is 2. The van der Waals surface area contributed by atoms with Crippen LogP contribution in [0.1, 0.15) is 11.1 Å². The Morgan fingerprint density at radius 1 is 0.773 bits per heavy atom. The lowest BCUT2D eigenvalue weighted by atomic mass is 10.2. The zero-order valence-electron chi connectivity index (χ0n) is 12.0. The minimum atomic E-state index is -0.810. The van der Waals surface area contributed by atoms with Gasteiger partial charge >= 0.3 is 11.8 Å². The standard InChI is InChI=1S/C16H14Cl2N2O2/c1-9-5-3-7-11(17)13(9)19-15(21)16(22)20-14-10(2)6-4-8-12(14)18/h3-8H,1-2H3,(H,19,21)(H,20,22). The van der Waals surface area contributed by atoms with Crippen LogP contribution in [0.4, 0.5) is 11.4 Å². The Labute approximate surface area is 138 Å². The van der Waals surface area contributed by atoms with E-state index < -0.39 is 11.8 Å². The molecule has 0 aromatic heterocycles. The van der Waals surface area contributed by atoms with Gasteiger partial charge in [-0.25, -0.2) is 0 Å². The molecule has 0 radical (unpaired) electrons. The normalized spacial score (nSPS) is 10.2. The molecule has 0 spiro atoms. The van der Waals surface area contributed by atoms with Gasteiger partial charge in [-0.15, -0.1) is 0 Å². The van der Waals surface area contributed by atoms with Crippen molar-refractivity contribution in [2.75, 3.05) is 10.6 Å². The highest BCUT2D eigenvalue weighted by Crippen LogP contribution is 2.26. The van der Waals surface area contributed by atoms with E-state index in [9.17, 15) is 9.59 Å². The number of nitrogens with one attached hydrogen (secondary N) is 2. The number of amides is 2. The fourth-order valence-electron chi connectivity index (χ4n) is 1.92. The average molecular weight is 337 g/mol. The van der Waals surface area contributed by atoms with Crippen molar-refractivity contribution < 1.29 is 9.59 Å². The first-order valence-corrected chi connectivity index (χ1v) is 7.28. The molecule has 0 saturated carbocycles. The van der Waals surface area contributed by atoms with Gasteiger partial charge in [0.1, 0.15) is 0 Å². The molecular weight excluding hydrogens is 323 g/mol. The summed E-state index contributed by atoms with van der Waals surface area (Å²) in [5.41, 5.74) is 2.37. The molecule has 0 aliphatic carbocycles. The van der Waals surface area contributed by atoms with E-state index in [4.69, 9.17) is 23.2 Å². The first kappa shape index (κ1) is 16.3. The van der Waals surface area contributed by atoms with E-state index >= 15 is 0 Å². The van der Waals surface area contributed by atoms with Gasteiger partial charge in [-0.3, -0.25) is 9.59 Å². The molecule has 0 saturated heterocycles. The summed E-state index contributed by atoms with van der Waals surface area (Å²) in [5.74, 6) is -1.62. The third-order valence-corrected chi connectivity index (χ3v) is 3.76. The second-order valence-corrected chi connectivity index (χ2v) is 5.59. The predicted molar refractivity (Wildman–Crippen MR) is 89.6 cm³/mol. The first-order chi connectivity index (χ1) is 10.4. The van der Waals surface area contributed by atoms with Gasteiger partial charge in [0.2, 0.25) is 0 Å². The molecule has 2 N–H and O–H groups in total. The molecule has 0 unspecified atom stereocenters. The molecule has 2 rings (SSSR count). The van der Waals surface area contributed by atoms with Gasteiger partial charge in [0.15, 0.2) is 0 Å². The van der Waals surface area contributed by atoms with Crippen molar-refractivity contribution in [2.24, 2.45) is 0 Å². The van der Waals surface area contributed by atoms with Gasteiger partial charge < -0.3 is 10.6 Å². The van der Waals surface area contributed by atoms with Crippen molar-refractivity contribution in [3.63, 3.8) is 0 Å². The molecule has 0 bridgehead atoms. The van der Waals surface area contributed by atoms with Gasteiger partial charge in [-0.1, -0.05) is 47.5 Å². The Bertz CT molecular complexity index is 641. The second kappa shape index (κ2) is 6.81. The van der Waals surface area contributed by atoms with Crippen molar-refractivity contribution in [2.45, 2.75) is 13.8 Å². The van der Waals surface area contributed by atoms with Gasteiger partial charge in [0, 0.05) is 0 Å². The lowest BCUT2D eigenvalue weighted by molar-refractivity contribution is -0.133. The topological polar surface area (TPSA) is 58.2 Å². The molecule has 22 heavy (non-hydrogen) atoms. The number of rotatable bonds is 2. The number of hydrogen-bond acceptors (Lipinski definition) is 2. The molecule has 0 atom stereocenters. The van der Waals surface area contributed by atoms with E-state index in [0.717, 1.165) is 11.1 Å². The van der Waals surface area contributed by atoms with Gasteiger partial charge in [-0.05, 0) is 37.1 Å². The summed E-state index contributed by atoms with van der Waals surface area (Å²) in [4.78, 5) is 24.0. The number of carbonyl (C=O) groups is 2. The summed E-state index contributed by atoms with van der Waals surface area (Å²) in [5, 5.41) is 5.76. The second-order valence-electron chi connectivity index (χ2n) is 4.77. The Morgan fingerprint density at radius 3 is 1.45 bits per heavy atom. The van der Waals surface area contributed by atoms with E-state index in [2.05, 4.69) is 10.6 Å². The molecule has 2 amide bonds. The summed E-state index contributed by atoms with van der Waals surface area (Å²) in [6, 6.07) is 10.4. The Kier molecular flexibility index (Phi) is 5.06. The predicted octanol–water partition coefficient (Wildman–Crippen LogP) is 4.19. The van der Waals surface area contributed by atoms with Crippen LogP contribution in [0.25, 0.3) is 0 Å². The van der Waals surface area contributed by atoms with E-state index in [-0.39, 0.29) is 0 Å². The largest absolute Gasteiger partial charge is 0.316 e. The van der Waals surface area contributed by atoms with Crippen molar-refractivity contribution in [3.8, 4) is 0 Å². The Hall–Kier alpha value is -2.04. The molecule has 0 aliphatic rings. The van der Waals surface area contributed by atoms with Crippen LogP contribution in [0.5, 0.6) is 0 Å². The lowest BCUT2D eigenvalue weighted by Crippen LogP contribution is -2.29. The molecule has 0 heterocycles.